The van der Waals surface area contributed by atoms with E-state index >= 15 is 0 Å². The first kappa shape index (κ1) is 76.4. The molecule has 0 spiro atoms. The number of carbonyl (C=O) groups excluding carboxylic acids is 2. The van der Waals surface area contributed by atoms with E-state index < -0.39 is 42.1 Å². The van der Waals surface area contributed by atoms with Crippen molar-refractivity contribution < 1.29 is 38.0 Å². The van der Waals surface area contributed by atoms with Gasteiger partial charge in [-0.05, 0) is 38.3 Å². The molecule has 0 bridgehead atoms. The second kappa shape index (κ2) is 54.1. The molecule has 496 valence electrons. The van der Waals surface area contributed by atoms with Crippen molar-refractivity contribution in [3.8, 4) is 17.2 Å². The second-order valence-electron chi connectivity index (χ2n) is 25.4. The van der Waals surface area contributed by atoms with Gasteiger partial charge >= 0.3 is 17.6 Å². The molecule has 1 aliphatic rings. The SMILES string of the molecule is CCCCCCCCCCCCCCCCCCOc1cc(C(=O)OCC(=O)OCC2CNCC(n3cc(C)c(=O)[nH]c3=O)O2)cc(OCCCCCCCCCCCCCCCCCC)c1OCCCCCCCCCCCCCCCCCC. The number of hydrogen-bond acceptors (Lipinski definition) is 11. The summed E-state index contributed by atoms with van der Waals surface area (Å²) in [6.07, 6.45) is 62.3. The first-order valence-corrected chi connectivity index (χ1v) is 36.3. The Kier molecular flexibility index (Phi) is 48.1. The van der Waals surface area contributed by atoms with Gasteiger partial charge in [-0.3, -0.25) is 14.3 Å². The Bertz CT molecular complexity index is 2000. The number of H-pyrrole nitrogens is 1. The molecule has 0 radical (unpaired) electrons. The van der Waals surface area contributed by atoms with Crippen molar-refractivity contribution in [3.63, 3.8) is 0 Å². The molecule has 1 aliphatic heterocycles. The molecule has 2 atom stereocenters. The van der Waals surface area contributed by atoms with Crippen molar-refractivity contribution in [3.05, 3.63) is 50.3 Å². The van der Waals surface area contributed by atoms with Gasteiger partial charge < -0.3 is 33.7 Å². The van der Waals surface area contributed by atoms with Crippen LogP contribution in [0.25, 0.3) is 0 Å². The number of carbonyl (C=O) groups is 2. The fourth-order valence-corrected chi connectivity index (χ4v) is 11.7. The zero-order valence-electron chi connectivity index (χ0n) is 55.8. The number of aromatic amines is 1. The van der Waals surface area contributed by atoms with Crippen LogP contribution in [0, 0.1) is 6.92 Å². The van der Waals surface area contributed by atoms with Crippen LogP contribution in [-0.2, 0) is 19.0 Å². The number of nitrogens with one attached hydrogen (secondary N) is 2. The van der Waals surface area contributed by atoms with E-state index in [9.17, 15) is 19.2 Å². The highest BCUT2D eigenvalue weighted by atomic mass is 16.6. The Labute approximate surface area is 524 Å². The van der Waals surface area contributed by atoms with E-state index in [1.54, 1.807) is 19.1 Å². The molecule has 2 heterocycles. The van der Waals surface area contributed by atoms with Crippen molar-refractivity contribution in [1.82, 2.24) is 14.9 Å². The molecule has 0 aliphatic carbocycles. The number of aryl methyl sites for hydroxylation is 1. The average Bonchev–Trinajstić information content (AvgIpc) is 3.58. The van der Waals surface area contributed by atoms with Gasteiger partial charge in [-0.2, -0.15) is 0 Å². The number of morpholine rings is 1. The highest BCUT2D eigenvalue weighted by Crippen LogP contribution is 2.40. The summed E-state index contributed by atoms with van der Waals surface area (Å²) in [6.45, 7) is 9.90. The standard InChI is InChI=1S/C73H129N3O10/c1-5-8-11-14-17-20-23-26-29-32-35-38-41-44-47-50-53-81-66-56-64(72(79)85-62-69(77)84-61-65-58-74-59-68(86-65)76-60-63(4)71(78)75-73(76)80)57-67(82-54-51-48-45-42-39-36-33-30-27-24-21-18-15-12-9-6-2)70(66)83-55-52-49-46-43-40-37-34-31-28-25-22-19-16-13-10-7-3/h56-57,60,65,68,74H,5-55,58-59,61-62H2,1-4H3,(H,75,78,80). The maximum atomic E-state index is 13.9. The van der Waals surface area contributed by atoms with Gasteiger partial charge in [0, 0.05) is 24.8 Å². The van der Waals surface area contributed by atoms with Crippen molar-refractivity contribution >= 4 is 11.9 Å². The van der Waals surface area contributed by atoms with Gasteiger partial charge in [-0.15, -0.1) is 0 Å². The quantitative estimate of drug-likeness (QED) is 0.0480. The minimum Gasteiger partial charge on any atom is -0.490 e. The van der Waals surface area contributed by atoms with Crippen molar-refractivity contribution in [2.24, 2.45) is 0 Å². The lowest BCUT2D eigenvalue weighted by molar-refractivity contribution is -0.157. The molecule has 1 fully saturated rings. The maximum absolute atomic E-state index is 13.9. The second-order valence-corrected chi connectivity index (χ2v) is 25.4. The van der Waals surface area contributed by atoms with Crippen LogP contribution < -0.4 is 30.8 Å². The summed E-state index contributed by atoms with van der Waals surface area (Å²) in [5.74, 6) is -0.00723. The Morgan fingerprint density at radius 1 is 0.465 bits per heavy atom. The molecule has 1 aromatic heterocycles. The number of benzene rings is 1. The fraction of sp³-hybridized carbons (Fsp3) is 0.836. The van der Waals surface area contributed by atoms with E-state index in [0.717, 1.165) is 38.5 Å². The zero-order chi connectivity index (χ0) is 61.6. The van der Waals surface area contributed by atoms with E-state index in [2.05, 4.69) is 31.1 Å². The summed E-state index contributed by atoms with van der Waals surface area (Å²) >= 11 is 0. The molecule has 1 aromatic carbocycles. The molecule has 2 aromatic rings. The average molecular weight is 1210 g/mol. The van der Waals surface area contributed by atoms with Gasteiger partial charge in [0.25, 0.3) is 5.56 Å². The third-order valence-electron chi connectivity index (χ3n) is 17.3. The van der Waals surface area contributed by atoms with Crippen LogP contribution in [0.5, 0.6) is 17.2 Å². The number of hydrogen-bond donors (Lipinski definition) is 2. The monoisotopic (exact) mass is 1210 g/mol. The molecule has 3 rings (SSSR count). The maximum Gasteiger partial charge on any atom is 0.344 e. The molecule has 1 saturated heterocycles. The van der Waals surface area contributed by atoms with E-state index in [1.807, 2.05) is 0 Å². The number of rotatable bonds is 60. The van der Waals surface area contributed by atoms with E-state index in [0.29, 0.717) is 55.7 Å². The highest BCUT2D eigenvalue weighted by molar-refractivity contribution is 5.92. The first-order chi connectivity index (χ1) is 42.3. The lowest BCUT2D eigenvalue weighted by Crippen LogP contribution is -2.48. The predicted molar refractivity (Wildman–Crippen MR) is 356 cm³/mol. The van der Waals surface area contributed by atoms with Gasteiger partial charge in [0.1, 0.15) is 12.7 Å². The molecular formula is C73H129N3O10. The third-order valence-corrected chi connectivity index (χ3v) is 17.3. The number of unbranched alkanes of at least 4 members (excludes halogenated alkanes) is 45. The molecule has 2 N–H and O–H groups in total. The normalized spacial score (nSPS) is 14.2. The van der Waals surface area contributed by atoms with Crippen molar-refractivity contribution in [2.45, 2.75) is 348 Å². The van der Waals surface area contributed by atoms with Crippen LogP contribution in [0.3, 0.4) is 0 Å². The van der Waals surface area contributed by atoms with Gasteiger partial charge in [0.2, 0.25) is 5.75 Å². The van der Waals surface area contributed by atoms with Gasteiger partial charge in [0.05, 0.1) is 25.4 Å². The van der Waals surface area contributed by atoms with Crippen LogP contribution >= 0.6 is 0 Å². The van der Waals surface area contributed by atoms with Crippen molar-refractivity contribution in [2.75, 3.05) is 46.1 Å². The topological polar surface area (TPSA) is 156 Å². The zero-order valence-corrected chi connectivity index (χ0v) is 55.8. The fourth-order valence-electron chi connectivity index (χ4n) is 11.7. The highest BCUT2D eigenvalue weighted by Gasteiger charge is 2.27. The molecule has 13 nitrogen and oxygen atoms in total. The summed E-state index contributed by atoms with van der Waals surface area (Å²) in [4.78, 5) is 53.7. The lowest BCUT2D eigenvalue weighted by Gasteiger charge is -2.31. The van der Waals surface area contributed by atoms with E-state index in [1.165, 1.54) is 280 Å². The van der Waals surface area contributed by atoms with Crippen LogP contribution in [0.1, 0.15) is 351 Å². The molecule has 86 heavy (non-hydrogen) atoms. The summed E-state index contributed by atoms with van der Waals surface area (Å²) in [5, 5.41) is 3.20. The molecule has 13 heteroatoms. The first-order valence-electron chi connectivity index (χ1n) is 36.3. The third kappa shape index (κ3) is 39.2. The Balaban J connectivity index is 1.58. The largest absolute Gasteiger partial charge is 0.490 e. The Morgan fingerprint density at radius 2 is 0.802 bits per heavy atom. The predicted octanol–water partition coefficient (Wildman–Crippen LogP) is 19.7. The number of nitrogens with zero attached hydrogens (tertiary/aromatic N) is 1. The van der Waals surface area contributed by atoms with E-state index in [-0.39, 0.29) is 12.2 Å². The molecule has 0 saturated carbocycles. The minimum atomic E-state index is -0.736. The lowest BCUT2D eigenvalue weighted by atomic mass is 10.0. The van der Waals surface area contributed by atoms with Crippen LogP contribution in [-0.4, -0.2) is 73.7 Å². The van der Waals surface area contributed by atoms with Gasteiger partial charge in [-0.1, -0.05) is 310 Å². The number of esters is 2. The van der Waals surface area contributed by atoms with Crippen LogP contribution in [0.15, 0.2) is 27.9 Å². The summed E-state index contributed by atoms with van der Waals surface area (Å²) < 4.78 is 38.1. The summed E-state index contributed by atoms with van der Waals surface area (Å²) in [6, 6.07) is 3.35. The van der Waals surface area contributed by atoms with Gasteiger partial charge in [-0.25, -0.2) is 14.4 Å². The minimum absolute atomic E-state index is 0.128. The molecular weight excluding hydrogens is 1080 g/mol. The summed E-state index contributed by atoms with van der Waals surface area (Å²) in [7, 11) is 0. The van der Waals surface area contributed by atoms with Crippen molar-refractivity contribution in [1.29, 1.82) is 0 Å². The summed E-state index contributed by atoms with van der Waals surface area (Å²) in [5.41, 5.74) is -0.460. The smallest absolute Gasteiger partial charge is 0.344 e. The molecule has 2 unspecified atom stereocenters. The number of aromatic nitrogens is 2. The Morgan fingerprint density at radius 3 is 1.16 bits per heavy atom. The van der Waals surface area contributed by atoms with Crippen LogP contribution in [0.4, 0.5) is 0 Å². The number of ether oxygens (including phenoxy) is 6. The molecule has 0 amide bonds. The van der Waals surface area contributed by atoms with E-state index in [4.69, 9.17) is 28.4 Å². The Hall–Kier alpha value is -3.84. The van der Waals surface area contributed by atoms with Gasteiger partial charge in [0.15, 0.2) is 24.3 Å². The van der Waals surface area contributed by atoms with Crippen LogP contribution in [0.2, 0.25) is 0 Å².